The van der Waals surface area contributed by atoms with E-state index in [0.717, 1.165) is 0 Å². The molecule has 0 aromatic rings. The highest BCUT2D eigenvalue weighted by atomic mass is 19.4. The van der Waals surface area contributed by atoms with Crippen molar-refractivity contribution in [2.75, 3.05) is 0 Å². The lowest BCUT2D eigenvalue weighted by Crippen LogP contribution is -2.23. The first kappa shape index (κ1) is 11.8. The predicted octanol–water partition coefficient (Wildman–Crippen LogP) is 2.94. The molecule has 1 saturated carbocycles. The van der Waals surface area contributed by atoms with E-state index in [0.29, 0.717) is 12.8 Å². The number of hydrogen-bond donors (Lipinski definition) is 1. The first-order valence-corrected chi connectivity index (χ1v) is 4.82. The molecule has 0 aliphatic heterocycles. The van der Waals surface area contributed by atoms with Crippen LogP contribution >= 0.6 is 0 Å². The minimum absolute atomic E-state index is 0.0137. The van der Waals surface area contributed by atoms with Crippen LogP contribution in [0.1, 0.15) is 38.5 Å². The molecule has 1 aliphatic carbocycles. The van der Waals surface area contributed by atoms with Gasteiger partial charge in [0, 0.05) is 12.5 Å². The van der Waals surface area contributed by atoms with Gasteiger partial charge in [-0.15, -0.1) is 0 Å². The van der Waals surface area contributed by atoms with Gasteiger partial charge in [-0.2, -0.15) is 13.2 Å². The number of nitrogens with two attached hydrogens (primary N) is 1. The van der Waals surface area contributed by atoms with Crippen molar-refractivity contribution in [1.29, 1.82) is 0 Å². The van der Waals surface area contributed by atoms with Crippen molar-refractivity contribution in [2.24, 2.45) is 5.73 Å². The molecular weight excluding hydrogens is 198 g/mol. The Bertz CT molecular complexity index is 192. The molecule has 0 saturated heterocycles. The maximum absolute atomic E-state index is 13.7. The van der Waals surface area contributed by atoms with Crippen molar-refractivity contribution in [1.82, 2.24) is 0 Å². The van der Waals surface area contributed by atoms with E-state index >= 15 is 0 Å². The van der Waals surface area contributed by atoms with Gasteiger partial charge in [0.05, 0.1) is 0 Å². The highest BCUT2D eigenvalue weighted by molar-refractivity contribution is 4.91. The van der Waals surface area contributed by atoms with Crippen LogP contribution in [0.2, 0.25) is 0 Å². The molecule has 2 unspecified atom stereocenters. The molecular formula is C9H15F4N. The summed E-state index contributed by atoms with van der Waals surface area (Å²) < 4.78 is 49.0. The van der Waals surface area contributed by atoms with E-state index in [4.69, 9.17) is 5.73 Å². The summed E-state index contributed by atoms with van der Waals surface area (Å²) in [5, 5.41) is 0. The maximum Gasteiger partial charge on any atom is 0.389 e. The van der Waals surface area contributed by atoms with E-state index < -0.39 is 18.3 Å². The molecule has 1 nitrogen and oxygen atoms in total. The second-order valence-electron chi connectivity index (χ2n) is 4.12. The van der Waals surface area contributed by atoms with E-state index in [1.165, 1.54) is 0 Å². The van der Waals surface area contributed by atoms with Crippen LogP contribution in [0.25, 0.3) is 0 Å². The van der Waals surface area contributed by atoms with Gasteiger partial charge in [0.15, 0.2) is 0 Å². The van der Waals surface area contributed by atoms with Gasteiger partial charge in [0.25, 0.3) is 0 Å². The first-order chi connectivity index (χ1) is 6.31. The number of alkyl halides is 4. The zero-order valence-corrected chi connectivity index (χ0v) is 7.91. The molecule has 0 radical (unpaired) electrons. The van der Waals surface area contributed by atoms with Crippen molar-refractivity contribution in [3.8, 4) is 0 Å². The van der Waals surface area contributed by atoms with E-state index in [2.05, 4.69) is 0 Å². The molecule has 0 amide bonds. The molecule has 0 heterocycles. The highest BCUT2D eigenvalue weighted by Gasteiger charge is 2.38. The second kappa shape index (κ2) is 4.04. The SMILES string of the molecule is NC1CCC(F)(CCCC(F)(F)F)C1. The fraction of sp³-hybridized carbons (Fsp3) is 1.00. The third kappa shape index (κ3) is 3.82. The van der Waals surface area contributed by atoms with Crippen molar-refractivity contribution < 1.29 is 17.6 Å². The standard InChI is InChI=1S/C9H15F4N/c10-8(5-2-7(14)6-8)3-1-4-9(11,12)13/h7H,1-6,14H2. The maximum atomic E-state index is 13.7. The summed E-state index contributed by atoms with van der Waals surface area (Å²) in [6.45, 7) is 0. The van der Waals surface area contributed by atoms with Crippen molar-refractivity contribution in [2.45, 2.75) is 56.4 Å². The van der Waals surface area contributed by atoms with Crippen LogP contribution in [0, 0.1) is 0 Å². The summed E-state index contributed by atoms with van der Waals surface area (Å²) in [4.78, 5) is 0. The molecule has 0 spiro atoms. The lowest BCUT2D eigenvalue weighted by molar-refractivity contribution is -0.136. The smallest absolute Gasteiger partial charge is 0.328 e. The molecule has 2 N–H and O–H groups in total. The van der Waals surface area contributed by atoms with Gasteiger partial charge in [-0.1, -0.05) is 0 Å². The molecule has 1 fully saturated rings. The first-order valence-electron chi connectivity index (χ1n) is 4.82. The van der Waals surface area contributed by atoms with Crippen LogP contribution in [0.15, 0.2) is 0 Å². The normalized spacial score (nSPS) is 33.6. The van der Waals surface area contributed by atoms with E-state index in [1.807, 2.05) is 0 Å². The Labute approximate surface area is 80.7 Å². The number of rotatable bonds is 3. The average Bonchev–Trinajstić information content (AvgIpc) is 2.28. The summed E-state index contributed by atoms with van der Waals surface area (Å²) in [7, 11) is 0. The third-order valence-electron chi connectivity index (χ3n) is 2.68. The van der Waals surface area contributed by atoms with Crippen molar-refractivity contribution in [3.63, 3.8) is 0 Å². The third-order valence-corrected chi connectivity index (χ3v) is 2.68. The Hall–Kier alpha value is -0.320. The molecule has 5 heteroatoms. The predicted molar refractivity (Wildman–Crippen MR) is 45.6 cm³/mol. The molecule has 0 aromatic carbocycles. The van der Waals surface area contributed by atoms with E-state index in [-0.39, 0.29) is 25.3 Å². The number of hydrogen-bond acceptors (Lipinski definition) is 1. The van der Waals surface area contributed by atoms with E-state index in [9.17, 15) is 17.6 Å². The largest absolute Gasteiger partial charge is 0.389 e. The summed E-state index contributed by atoms with van der Waals surface area (Å²) in [5.41, 5.74) is 4.07. The lowest BCUT2D eigenvalue weighted by Gasteiger charge is -2.19. The van der Waals surface area contributed by atoms with Crippen LogP contribution in [0.4, 0.5) is 17.6 Å². The zero-order chi connectivity index (χ0) is 10.8. The van der Waals surface area contributed by atoms with Gasteiger partial charge in [0.2, 0.25) is 0 Å². The minimum atomic E-state index is -4.17. The molecule has 0 aromatic heterocycles. The van der Waals surface area contributed by atoms with Gasteiger partial charge in [-0.25, -0.2) is 4.39 Å². The average molecular weight is 213 g/mol. The fourth-order valence-electron chi connectivity index (χ4n) is 1.95. The van der Waals surface area contributed by atoms with Gasteiger partial charge < -0.3 is 5.73 Å². The van der Waals surface area contributed by atoms with Crippen LogP contribution in [-0.2, 0) is 0 Å². The molecule has 1 aliphatic rings. The van der Waals surface area contributed by atoms with Gasteiger partial charge in [-0.3, -0.25) is 0 Å². The van der Waals surface area contributed by atoms with Crippen LogP contribution in [-0.4, -0.2) is 17.9 Å². The topological polar surface area (TPSA) is 26.0 Å². The Kier molecular flexibility index (Phi) is 3.40. The van der Waals surface area contributed by atoms with Crippen LogP contribution in [0.3, 0.4) is 0 Å². The lowest BCUT2D eigenvalue weighted by atomic mass is 9.96. The zero-order valence-electron chi connectivity index (χ0n) is 7.91. The van der Waals surface area contributed by atoms with Crippen molar-refractivity contribution >= 4 is 0 Å². The van der Waals surface area contributed by atoms with Crippen LogP contribution in [0.5, 0.6) is 0 Å². The quantitative estimate of drug-likeness (QED) is 0.716. The van der Waals surface area contributed by atoms with Gasteiger partial charge >= 0.3 is 6.18 Å². The molecule has 1 rings (SSSR count). The summed E-state index contributed by atoms with van der Waals surface area (Å²) >= 11 is 0. The highest BCUT2D eigenvalue weighted by Crippen LogP contribution is 2.38. The summed E-state index contributed by atoms with van der Waals surface area (Å²) in [6.07, 6.45) is -4.10. The second-order valence-corrected chi connectivity index (χ2v) is 4.12. The fourth-order valence-corrected chi connectivity index (χ4v) is 1.95. The Morgan fingerprint density at radius 2 is 2.00 bits per heavy atom. The monoisotopic (exact) mass is 213 g/mol. The Balaban J connectivity index is 2.24. The van der Waals surface area contributed by atoms with Gasteiger partial charge in [-0.05, 0) is 32.1 Å². The van der Waals surface area contributed by atoms with Crippen molar-refractivity contribution in [3.05, 3.63) is 0 Å². The molecule has 0 bridgehead atoms. The Morgan fingerprint density at radius 3 is 2.43 bits per heavy atom. The van der Waals surface area contributed by atoms with Crippen LogP contribution < -0.4 is 5.73 Å². The molecule has 2 atom stereocenters. The Morgan fingerprint density at radius 1 is 1.36 bits per heavy atom. The molecule has 14 heavy (non-hydrogen) atoms. The molecule has 84 valence electrons. The number of halogens is 4. The minimum Gasteiger partial charge on any atom is -0.328 e. The summed E-state index contributed by atoms with van der Waals surface area (Å²) in [6, 6.07) is -0.175. The van der Waals surface area contributed by atoms with E-state index in [1.54, 1.807) is 0 Å². The van der Waals surface area contributed by atoms with Gasteiger partial charge in [0.1, 0.15) is 5.67 Å². The summed E-state index contributed by atoms with van der Waals surface area (Å²) in [5.74, 6) is 0.